The number of hydrogen-bond acceptors (Lipinski definition) is 3. The number of carboxylic acid groups (broad SMARTS) is 1. The Bertz CT molecular complexity index is 567. The monoisotopic (exact) mass is 289 g/mol. The van der Waals surface area contributed by atoms with E-state index < -0.39 is 11.8 Å². The first-order chi connectivity index (χ1) is 7.00. The van der Waals surface area contributed by atoms with E-state index in [1.807, 2.05) is 0 Å². The van der Waals surface area contributed by atoms with Crippen molar-refractivity contribution in [3.63, 3.8) is 0 Å². The van der Waals surface area contributed by atoms with Crippen LogP contribution in [0.4, 0.5) is 4.39 Å². The molecule has 2 rings (SSSR count). The zero-order chi connectivity index (χ0) is 11.2. The minimum absolute atomic E-state index is 0.149. The van der Waals surface area contributed by atoms with E-state index in [0.29, 0.717) is 9.71 Å². The summed E-state index contributed by atoms with van der Waals surface area (Å²) in [5.74, 6) is -2.08. The van der Waals surface area contributed by atoms with Gasteiger partial charge in [0.15, 0.2) is 5.82 Å². The summed E-state index contributed by atoms with van der Waals surface area (Å²) in [6.07, 6.45) is 0. The minimum atomic E-state index is -1.30. The topological polar surface area (TPSA) is 50.2 Å². The molecule has 0 radical (unpaired) electrons. The van der Waals surface area contributed by atoms with Crippen LogP contribution in [0, 0.1) is 12.7 Å². The highest BCUT2D eigenvalue weighted by molar-refractivity contribution is 9.10. The second kappa shape index (κ2) is 3.53. The quantitative estimate of drug-likeness (QED) is 0.877. The molecule has 0 amide bonds. The smallest absolute Gasteiger partial charge is 0.341 e. The molecule has 0 fully saturated rings. The number of hydrogen-bond donors (Lipinski definition) is 1. The molecule has 78 valence electrons. The molecule has 0 atom stereocenters. The molecule has 0 unspecified atom stereocenters. The number of rotatable bonds is 1. The third kappa shape index (κ3) is 1.63. The van der Waals surface area contributed by atoms with E-state index in [1.54, 1.807) is 13.0 Å². The van der Waals surface area contributed by atoms with Crippen molar-refractivity contribution < 1.29 is 14.3 Å². The summed E-state index contributed by atoms with van der Waals surface area (Å²) in [6.45, 7) is 1.75. The van der Waals surface area contributed by atoms with Gasteiger partial charge in [0, 0.05) is 0 Å². The third-order valence-corrected chi connectivity index (χ3v) is 3.39. The van der Waals surface area contributed by atoms with Crippen molar-refractivity contribution in [2.24, 2.45) is 0 Å². The highest BCUT2D eigenvalue weighted by Gasteiger charge is 2.20. The highest BCUT2D eigenvalue weighted by atomic mass is 79.9. The Balaban J connectivity index is 2.94. The number of aromatic nitrogens is 1. The van der Waals surface area contributed by atoms with Crippen molar-refractivity contribution in [2.45, 2.75) is 6.92 Å². The molecule has 1 aromatic heterocycles. The lowest BCUT2D eigenvalue weighted by atomic mass is 10.2. The van der Waals surface area contributed by atoms with Gasteiger partial charge in [-0.15, -0.1) is 11.3 Å². The highest BCUT2D eigenvalue weighted by Crippen LogP contribution is 2.31. The molecule has 3 nitrogen and oxygen atoms in total. The largest absolute Gasteiger partial charge is 0.478 e. The summed E-state index contributed by atoms with van der Waals surface area (Å²) in [5.41, 5.74) is -0.158. The second-order valence-corrected chi connectivity index (χ2v) is 5.02. The number of aryl methyl sites for hydroxylation is 1. The van der Waals surface area contributed by atoms with Gasteiger partial charge in [0.1, 0.15) is 5.56 Å². The average molecular weight is 290 g/mol. The Hall–Kier alpha value is -1.01. The van der Waals surface area contributed by atoms with Crippen LogP contribution in [0.25, 0.3) is 10.2 Å². The average Bonchev–Trinajstić information content (AvgIpc) is 2.46. The van der Waals surface area contributed by atoms with Gasteiger partial charge in [-0.3, -0.25) is 0 Å². The van der Waals surface area contributed by atoms with E-state index in [0.717, 1.165) is 0 Å². The molecule has 2 aromatic rings. The predicted molar refractivity (Wildman–Crippen MR) is 59.0 cm³/mol. The molecule has 0 aliphatic rings. The molecule has 0 spiro atoms. The summed E-state index contributed by atoms with van der Waals surface area (Å²) in [6, 6.07) is 1.54. The van der Waals surface area contributed by atoms with Crippen LogP contribution in [0.2, 0.25) is 0 Å². The fourth-order valence-corrected chi connectivity index (χ4v) is 2.77. The Morgan fingerprint density at radius 2 is 2.33 bits per heavy atom. The number of nitrogens with zero attached hydrogens (tertiary/aromatic N) is 1. The van der Waals surface area contributed by atoms with E-state index >= 15 is 0 Å². The van der Waals surface area contributed by atoms with Crippen molar-refractivity contribution in [1.82, 2.24) is 4.98 Å². The van der Waals surface area contributed by atoms with Gasteiger partial charge >= 0.3 is 5.97 Å². The van der Waals surface area contributed by atoms with Crippen LogP contribution in [0.15, 0.2) is 10.5 Å². The molecule has 1 heterocycles. The molecule has 0 bridgehead atoms. The Morgan fingerprint density at radius 1 is 1.67 bits per heavy atom. The van der Waals surface area contributed by atoms with E-state index in [1.165, 1.54) is 11.3 Å². The van der Waals surface area contributed by atoms with E-state index in [4.69, 9.17) is 5.11 Å². The molecule has 0 aliphatic carbocycles. The summed E-state index contributed by atoms with van der Waals surface area (Å²) in [5, 5.41) is 9.61. The Labute approximate surface area is 96.7 Å². The van der Waals surface area contributed by atoms with Gasteiger partial charge in [-0.05, 0) is 28.9 Å². The maximum absolute atomic E-state index is 13.5. The number of carboxylic acids is 1. The maximum Gasteiger partial charge on any atom is 0.341 e. The van der Waals surface area contributed by atoms with Crippen LogP contribution >= 0.6 is 27.3 Å². The van der Waals surface area contributed by atoms with Gasteiger partial charge in [-0.1, -0.05) is 0 Å². The summed E-state index contributed by atoms with van der Waals surface area (Å²) in [4.78, 5) is 14.9. The van der Waals surface area contributed by atoms with Crippen molar-refractivity contribution in [3.05, 3.63) is 26.9 Å². The van der Waals surface area contributed by atoms with Crippen LogP contribution in [0.1, 0.15) is 15.4 Å². The van der Waals surface area contributed by atoms with Gasteiger partial charge in [0.05, 0.1) is 19.7 Å². The standard InChI is InChI=1S/C9H5BrFNO2S/c1-3-12-8-5(15-3)2-4(10)7(11)6(8)9(13)14/h2H,1H3,(H,13,14). The summed E-state index contributed by atoms with van der Waals surface area (Å²) in [7, 11) is 0. The zero-order valence-electron chi connectivity index (χ0n) is 7.54. The van der Waals surface area contributed by atoms with Crippen molar-refractivity contribution >= 4 is 43.5 Å². The Kier molecular flexibility index (Phi) is 2.47. The van der Waals surface area contributed by atoms with E-state index in [2.05, 4.69) is 20.9 Å². The fourth-order valence-electron chi connectivity index (χ4n) is 1.32. The lowest BCUT2D eigenvalue weighted by Crippen LogP contribution is -2.02. The van der Waals surface area contributed by atoms with Gasteiger partial charge in [-0.2, -0.15) is 0 Å². The first-order valence-corrected chi connectivity index (χ1v) is 5.60. The van der Waals surface area contributed by atoms with Gasteiger partial charge in [0.25, 0.3) is 0 Å². The number of halogens is 2. The summed E-state index contributed by atoms with van der Waals surface area (Å²) >= 11 is 4.32. The van der Waals surface area contributed by atoms with Crippen LogP contribution in [-0.4, -0.2) is 16.1 Å². The lowest BCUT2D eigenvalue weighted by molar-refractivity contribution is 0.0694. The van der Waals surface area contributed by atoms with Crippen molar-refractivity contribution in [1.29, 1.82) is 0 Å². The summed E-state index contributed by atoms with van der Waals surface area (Å²) < 4.78 is 14.3. The van der Waals surface area contributed by atoms with Gasteiger partial charge in [-0.25, -0.2) is 14.2 Å². The molecular formula is C9H5BrFNO2S. The first-order valence-electron chi connectivity index (χ1n) is 3.99. The maximum atomic E-state index is 13.5. The second-order valence-electron chi connectivity index (χ2n) is 2.93. The van der Waals surface area contributed by atoms with Crippen LogP contribution in [0.5, 0.6) is 0 Å². The number of aromatic carboxylic acids is 1. The lowest BCUT2D eigenvalue weighted by Gasteiger charge is -2.00. The van der Waals surface area contributed by atoms with Crippen molar-refractivity contribution in [2.75, 3.05) is 0 Å². The zero-order valence-corrected chi connectivity index (χ0v) is 9.95. The molecule has 0 saturated heterocycles. The molecule has 15 heavy (non-hydrogen) atoms. The molecular weight excluding hydrogens is 285 g/mol. The SMILES string of the molecule is Cc1nc2c(C(=O)O)c(F)c(Br)cc2s1. The minimum Gasteiger partial charge on any atom is -0.478 e. The first kappa shape index (κ1) is 10.5. The van der Waals surface area contributed by atoms with E-state index in [9.17, 15) is 9.18 Å². The fraction of sp³-hybridized carbons (Fsp3) is 0.111. The molecule has 1 N–H and O–H groups in total. The number of carbonyl (C=O) groups is 1. The molecule has 0 saturated carbocycles. The molecule has 6 heteroatoms. The molecule has 0 aliphatic heterocycles. The number of fused-ring (bicyclic) bond motifs is 1. The van der Waals surface area contributed by atoms with Crippen molar-refractivity contribution in [3.8, 4) is 0 Å². The van der Waals surface area contributed by atoms with E-state index in [-0.39, 0.29) is 15.6 Å². The normalized spacial score (nSPS) is 10.9. The van der Waals surface area contributed by atoms with Crippen LogP contribution in [-0.2, 0) is 0 Å². The Morgan fingerprint density at radius 3 is 2.93 bits per heavy atom. The van der Waals surface area contributed by atoms with Gasteiger partial charge in [0.2, 0.25) is 0 Å². The van der Waals surface area contributed by atoms with Crippen LogP contribution in [0.3, 0.4) is 0 Å². The van der Waals surface area contributed by atoms with Gasteiger partial charge < -0.3 is 5.11 Å². The molecule has 1 aromatic carbocycles. The van der Waals surface area contributed by atoms with Crippen LogP contribution < -0.4 is 0 Å². The number of thiazole rings is 1. The number of benzene rings is 1. The predicted octanol–water partition coefficient (Wildman–Crippen LogP) is 3.20. The third-order valence-electron chi connectivity index (χ3n) is 1.90.